The van der Waals surface area contributed by atoms with Crippen LogP contribution in [0.1, 0.15) is 16.2 Å². The smallest absolute Gasteiger partial charge is 0.202 e. The molecule has 0 bridgehead atoms. The summed E-state index contributed by atoms with van der Waals surface area (Å²) in [4.78, 5) is 18.4. The zero-order chi connectivity index (χ0) is 11.5. The summed E-state index contributed by atoms with van der Waals surface area (Å²) in [5.74, 6) is 0.273. The van der Waals surface area contributed by atoms with Crippen LogP contribution in [0.2, 0.25) is 10.0 Å². The highest BCUT2D eigenvalue weighted by Crippen LogP contribution is 2.23. The summed E-state index contributed by atoms with van der Waals surface area (Å²) in [6, 6.07) is 5.13. The van der Waals surface area contributed by atoms with Crippen LogP contribution in [0, 0.1) is 0 Å². The first-order valence-electron chi connectivity index (χ1n) is 4.63. The largest absolute Gasteiger partial charge is 0.342 e. The number of carbonyl (C=O) groups is 1. The number of hydrogen-bond acceptors (Lipinski definition) is 2. The van der Waals surface area contributed by atoms with Crippen LogP contribution in [0.15, 0.2) is 30.6 Å². The Morgan fingerprint density at radius 2 is 2.12 bits per heavy atom. The third kappa shape index (κ3) is 2.43. The Balaban J connectivity index is 2.15. The molecule has 5 heteroatoms. The van der Waals surface area contributed by atoms with E-state index in [2.05, 4.69) is 9.97 Å². The highest BCUT2D eigenvalue weighted by molar-refractivity contribution is 6.42. The van der Waals surface area contributed by atoms with E-state index in [4.69, 9.17) is 23.2 Å². The summed E-state index contributed by atoms with van der Waals surface area (Å²) >= 11 is 11.6. The SMILES string of the molecule is O=C(Cc1ccc(Cl)c(Cl)c1)c1ncc[nH]1. The van der Waals surface area contributed by atoms with Gasteiger partial charge in [-0.1, -0.05) is 29.3 Å². The highest BCUT2D eigenvalue weighted by Gasteiger charge is 2.09. The summed E-state index contributed by atoms with van der Waals surface area (Å²) in [5, 5.41) is 0.933. The van der Waals surface area contributed by atoms with E-state index in [0.29, 0.717) is 15.9 Å². The van der Waals surface area contributed by atoms with Crippen LogP contribution in [0.25, 0.3) is 0 Å². The molecule has 0 aliphatic carbocycles. The molecule has 82 valence electrons. The number of halogens is 2. The van der Waals surface area contributed by atoms with E-state index in [9.17, 15) is 4.79 Å². The molecule has 2 rings (SSSR count). The number of imidazole rings is 1. The molecule has 0 aliphatic heterocycles. The van der Waals surface area contributed by atoms with Gasteiger partial charge < -0.3 is 4.98 Å². The lowest BCUT2D eigenvalue weighted by Crippen LogP contribution is -2.05. The summed E-state index contributed by atoms with van der Waals surface area (Å²) < 4.78 is 0. The lowest BCUT2D eigenvalue weighted by Gasteiger charge is -2.01. The van der Waals surface area contributed by atoms with Crippen LogP contribution in [0.4, 0.5) is 0 Å². The van der Waals surface area contributed by atoms with Gasteiger partial charge in [0.15, 0.2) is 5.82 Å². The van der Waals surface area contributed by atoms with Crippen molar-refractivity contribution in [3.63, 3.8) is 0 Å². The van der Waals surface area contributed by atoms with Gasteiger partial charge in [0.1, 0.15) is 0 Å². The Kier molecular flexibility index (Phi) is 3.27. The topological polar surface area (TPSA) is 45.8 Å². The average molecular weight is 255 g/mol. The van der Waals surface area contributed by atoms with Gasteiger partial charge in [-0.25, -0.2) is 4.98 Å². The minimum Gasteiger partial charge on any atom is -0.342 e. The van der Waals surface area contributed by atoms with Crippen LogP contribution in [0.5, 0.6) is 0 Å². The average Bonchev–Trinajstić information content (AvgIpc) is 2.77. The summed E-state index contributed by atoms with van der Waals surface area (Å²) in [6.07, 6.45) is 3.41. The molecule has 0 radical (unpaired) electrons. The standard InChI is InChI=1S/C11H8Cl2N2O/c12-8-2-1-7(5-9(8)13)6-10(16)11-14-3-4-15-11/h1-5H,6H2,(H,14,15). The van der Waals surface area contributed by atoms with Gasteiger partial charge in [-0.15, -0.1) is 0 Å². The summed E-state index contributed by atoms with van der Waals surface area (Å²) in [7, 11) is 0. The Labute approximate surface area is 102 Å². The molecule has 16 heavy (non-hydrogen) atoms. The molecule has 0 amide bonds. The van der Waals surface area contributed by atoms with Crippen LogP contribution in [-0.4, -0.2) is 15.8 Å². The number of hydrogen-bond donors (Lipinski definition) is 1. The predicted molar refractivity (Wildman–Crippen MR) is 63.1 cm³/mol. The Morgan fingerprint density at radius 1 is 1.31 bits per heavy atom. The van der Waals surface area contributed by atoms with Gasteiger partial charge in [-0.05, 0) is 17.7 Å². The van der Waals surface area contributed by atoms with E-state index in [-0.39, 0.29) is 12.2 Å². The first kappa shape index (κ1) is 11.2. The van der Waals surface area contributed by atoms with Crippen molar-refractivity contribution in [1.82, 2.24) is 9.97 Å². The van der Waals surface area contributed by atoms with Crippen LogP contribution in [0.3, 0.4) is 0 Å². The number of nitrogens with one attached hydrogen (secondary N) is 1. The first-order chi connectivity index (χ1) is 7.66. The van der Waals surface area contributed by atoms with Gasteiger partial charge in [0.2, 0.25) is 5.78 Å². The number of nitrogens with zero attached hydrogens (tertiary/aromatic N) is 1. The zero-order valence-electron chi connectivity index (χ0n) is 8.21. The fourth-order valence-corrected chi connectivity index (χ4v) is 1.66. The van der Waals surface area contributed by atoms with Gasteiger partial charge in [0.05, 0.1) is 10.0 Å². The van der Waals surface area contributed by atoms with Gasteiger partial charge >= 0.3 is 0 Å². The number of Topliss-reactive ketones (excluding diaryl/α,β-unsaturated/α-hetero) is 1. The number of rotatable bonds is 3. The summed E-state index contributed by atoms with van der Waals surface area (Å²) in [5.41, 5.74) is 0.816. The second kappa shape index (κ2) is 4.68. The second-order valence-electron chi connectivity index (χ2n) is 3.29. The quantitative estimate of drug-likeness (QED) is 0.856. The third-order valence-electron chi connectivity index (χ3n) is 2.11. The van der Waals surface area contributed by atoms with E-state index >= 15 is 0 Å². The lowest BCUT2D eigenvalue weighted by atomic mass is 10.1. The molecule has 0 saturated carbocycles. The van der Waals surface area contributed by atoms with E-state index in [1.807, 2.05) is 0 Å². The first-order valence-corrected chi connectivity index (χ1v) is 5.39. The number of H-pyrrole nitrogens is 1. The maximum atomic E-state index is 11.7. The van der Waals surface area contributed by atoms with Crippen molar-refractivity contribution in [1.29, 1.82) is 0 Å². The van der Waals surface area contributed by atoms with Crippen molar-refractivity contribution < 1.29 is 4.79 Å². The fourth-order valence-electron chi connectivity index (χ4n) is 1.34. The van der Waals surface area contributed by atoms with Crippen molar-refractivity contribution in [2.75, 3.05) is 0 Å². The number of aromatic amines is 1. The molecule has 0 aliphatic rings. The maximum Gasteiger partial charge on any atom is 0.202 e. The molecule has 0 atom stereocenters. The normalized spacial score (nSPS) is 10.4. The van der Waals surface area contributed by atoms with Gasteiger partial charge in [0, 0.05) is 18.8 Å². The molecular weight excluding hydrogens is 247 g/mol. The maximum absolute atomic E-state index is 11.7. The molecule has 1 heterocycles. The molecule has 0 spiro atoms. The second-order valence-corrected chi connectivity index (χ2v) is 4.10. The van der Waals surface area contributed by atoms with Crippen molar-refractivity contribution in [2.24, 2.45) is 0 Å². The molecule has 2 aromatic rings. The third-order valence-corrected chi connectivity index (χ3v) is 2.85. The molecule has 0 fully saturated rings. The number of ketones is 1. The van der Waals surface area contributed by atoms with Crippen molar-refractivity contribution in [3.8, 4) is 0 Å². The van der Waals surface area contributed by atoms with E-state index in [1.54, 1.807) is 30.6 Å². The van der Waals surface area contributed by atoms with Gasteiger partial charge in [0.25, 0.3) is 0 Å². The number of aromatic nitrogens is 2. The van der Waals surface area contributed by atoms with Crippen LogP contribution in [-0.2, 0) is 6.42 Å². The molecule has 1 aromatic heterocycles. The molecule has 1 N–H and O–H groups in total. The van der Waals surface area contributed by atoms with E-state index in [0.717, 1.165) is 5.56 Å². The molecule has 0 unspecified atom stereocenters. The zero-order valence-corrected chi connectivity index (χ0v) is 9.72. The van der Waals surface area contributed by atoms with Crippen LogP contribution >= 0.6 is 23.2 Å². The number of benzene rings is 1. The summed E-state index contributed by atoms with van der Waals surface area (Å²) in [6.45, 7) is 0. The van der Waals surface area contributed by atoms with Crippen molar-refractivity contribution in [3.05, 3.63) is 52.0 Å². The predicted octanol–water partition coefficient (Wildman–Crippen LogP) is 3.14. The van der Waals surface area contributed by atoms with Crippen molar-refractivity contribution in [2.45, 2.75) is 6.42 Å². The fraction of sp³-hybridized carbons (Fsp3) is 0.0909. The van der Waals surface area contributed by atoms with Gasteiger partial charge in [-0.2, -0.15) is 0 Å². The Morgan fingerprint density at radius 3 is 2.75 bits per heavy atom. The van der Waals surface area contributed by atoms with Crippen LogP contribution < -0.4 is 0 Å². The number of carbonyl (C=O) groups excluding carboxylic acids is 1. The van der Waals surface area contributed by atoms with E-state index in [1.165, 1.54) is 0 Å². The monoisotopic (exact) mass is 254 g/mol. The van der Waals surface area contributed by atoms with Crippen molar-refractivity contribution >= 4 is 29.0 Å². The highest BCUT2D eigenvalue weighted by atomic mass is 35.5. The lowest BCUT2D eigenvalue weighted by molar-refractivity contribution is 0.0984. The molecular formula is C11H8Cl2N2O. The Bertz CT molecular complexity index is 509. The minimum absolute atomic E-state index is 0.0802. The Hall–Kier alpha value is -1.32. The molecule has 0 saturated heterocycles. The molecule has 1 aromatic carbocycles. The minimum atomic E-state index is -0.0802. The molecule has 3 nitrogen and oxygen atoms in total. The van der Waals surface area contributed by atoms with Gasteiger partial charge in [-0.3, -0.25) is 4.79 Å². The van der Waals surface area contributed by atoms with E-state index < -0.39 is 0 Å².